The highest BCUT2D eigenvalue weighted by molar-refractivity contribution is 6.33. The van der Waals surface area contributed by atoms with Gasteiger partial charge in [0.25, 0.3) is 5.91 Å². The van der Waals surface area contributed by atoms with E-state index in [1.165, 1.54) is 7.11 Å². The van der Waals surface area contributed by atoms with Gasteiger partial charge in [0.05, 0.1) is 23.4 Å². The zero-order chi connectivity index (χ0) is 26.2. The highest BCUT2D eigenvalue weighted by Gasteiger charge is 2.25. The molecule has 2 aliphatic rings. The summed E-state index contributed by atoms with van der Waals surface area (Å²) in [6.45, 7) is 3.91. The molecule has 36 heavy (non-hydrogen) atoms. The van der Waals surface area contributed by atoms with Gasteiger partial charge in [0.15, 0.2) is 11.5 Å². The molecular formula is C24H26ClN3O8. The Labute approximate surface area is 212 Å². The summed E-state index contributed by atoms with van der Waals surface area (Å²) in [5, 5.41) is 16.0. The SMILES string of the molecule is COc1cc(N)c(Cl)cc1C(=O)N1CCN(Cc2ccc3c(c2)OCO3)CC1.O=C(O)/C=C/C(=O)O. The average molecular weight is 520 g/mol. The van der Waals surface area contributed by atoms with Crippen LogP contribution in [0.5, 0.6) is 17.2 Å². The summed E-state index contributed by atoms with van der Waals surface area (Å²) in [6.07, 6.45) is 1.12. The van der Waals surface area contributed by atoms with E-state index in [1.807, 2.05) is 23.1 Å². The lowest BCUT2D eigenvalue weighted by Gasteiger charge is -2.35. The van der Waals surface area contributed by atoms with Crippen molar-refractivity contribution in [1.29, 1.82) is 0 Å². The number of methoxy groups -OCH3 is 1. The van der Waals surface area contributed by atoms with Crippen LogP contribution in [0.2, 0.25) is 5.02 Å². The highest BCUT2D eigenvalue weighted by atomic mass is 35.5. The van der Waals surface area contributed by atoms with Crippen molar-refractivity contribution < 1.29 is 38.8 Å². The van der Waals surface area contributed by atoms with E-state index < -0.39 is 11.9 Å². The van der Waals surface area contributed by atoms with E-state index in [4.69, 9.17) is 41.8 Å². The molecule has 1 saturated heterocycles. The van der Waals surface area contributed by atoms with Crippen LogP contribution >= 0.6 is 11.6 Å². The third kappa shape index (κ3) is 7.03. The highest BCUT2D eigenvalue weighted by Crippen LogP contribution is 2.33. The quantitative estimate of drug-likeness (QED) is 0.383. The van der Waals surface area contributed by atoms with E-state index in [0.29, 0.717) is 47.3 Å². The van der Waals surface area contributed by atoms with Crippen molar-refractivity contribution in [2.24, 2.45) is 0 Å². The molecule has 2 aromatic rings. The van der Waals surface area contributed by atoms with Crippen LogP contribution in [-0.4, -0.2) is 77.9 Å². The van der Waals surface area contributed by atoms with Crippen molar-refractivity contribution in [3.8, 4) is 17.2 Å². The largest absolute Gasteiger partial charge is 0.496 e. The molecule has 0 saturated carbocycles. The monoisotopic (exact) mass is 519 g/mol. The molecule has 1 fully saturated rings. The van der Waals surface area contributed by atoms with Crippen LogP contribution < -0.4 is 19.9 Å². The fourth-order valence-corrected chi connectivity index (χ4v) is 3.79. The van der Waals surface area contributed by atoms with Gasteiger partial charge < -0.3 is 35.1 Å². The number of ether oxygens (including phenoxy) is 3. The van der Waals surface area contributed by atoms with Gasteiger partial charge in [-0.15, -0.1) is 0 Å². The Kier molecular flexibility index (Phi) is 8.98. The maximum atomic E-state index is 12.9. The molecule has 2 aliphatic heterocycles. The van der Waals surface area contributed by atoms with Crippen molar-refractivity contribution >= 4 is 35.1 Å². The number of carboxylic acid groups (broad SMARTS) is 2. The van der Waals surface area contributed by atoms with E-state index in [2.05, 4.69) is 4.90 Å². The molecule has 1 amide bonds. The molecule has 0 aromatic heterocycles. The molecule has 0 spiro atoms. The predicted octanol–water partition coefficient (Wildman–Crippen LogP) is 2.33. The summed E-state index contributed by atoms with van der Waals surface area (Å²) in [5.41, 5.74) is 7.80. The lowest BCUT2D eigenvalue weighted by molar-refractivity contribution is -0.134. The summed E-state index contributed by atoms with van der Waals surface area (Å²) < 4.78 is 16.1. The fourth-order valence-electron chi connectivity index (χ4n) is 3.62. The number of benzene rings is 2. The van der Waals surface area contributed by atoms with Crippen LogP contribution in [0.15, 0.2) is 42.5 Å². The Balaban J connectivity index is 0.000000392. The molecule has 0 unspecified atom stereocenters. The van der Waals surface area contributed by atoms with E-state index >= 15 is 0 Å². The molecule has 2 aromatic carbocycles. The molecule has 12 heteroatoms. The molecule has 2 heterocycles. The minimum absolute atomic E-state index is 0.0959. The number of nitrogens with zero attached hydrogens (tertiary/aromatic N) is 2. The smallest absolute Gasteiger partial charge is 0.328 e. The van der Waals surface area contributed by atoms with Gasteiger partial charge in [-0.05, 0) is 23.8 Å². The normalized spacial score (nSPS) is 14.8. The number of nitrogens with two attached hydrogens (primary N) is 1. The standard InChI is InChI=1S/C20H22ClN3O4.C4H4O4/c1-26-18-10-16(22)15(21)9-14(18)20(25)24-6-4-23(5-7-24)11-13-2-3-17-19(8-13)28-12-27-17;5-3(6)1-2-4(7)8/h2-3,8-10H,4-7,11-12,22H2,1H3;1-2H,(H,5,6)(H,7,8)/b;2-1+. The van der Waals surface area contributed by atoms with Gasteiger partial charge in [0.2, 0.25) is 6.79 Å². The van der Waals surface area contributed by atoms with Crippen LogP contribution in [0.4, 0.5) is 5.69 Å². The molecular weight excluding hydrogens is 494 g/mol. The van der Waals surface area contributed by atoms with Gasteiger partial charge in [-0.1, -0.05) is 17.7 Å². The first kappa shape index (κ1) is 26.6. The van der Waals surface area contributed by atoms with Crippen LogP contribution in [0.3, 0.4) is 0 Å². The van der Waals surface area contributed by atoms with Crippen molar-refractivity contribution in [3.63, 3.8) is 0 Å². The van der Waals surface area contributed by atoms with Gasteiger partial charge in [-0.2, -0.15) is 0 Å². The Bertz CT molecular complexity index is 1150. The topological polar surface area (TPSA) is 152 Å². The van der Waals surface area contributed by atoms with Crippen molar-refractivity contribution in [1.82, 2.24) is 9.80 Å². The van der Waals surface area contributed by atoms with E-state index in [9.17, 15) is 14.4 Å². The number of aliphatic carboxylic acids is 2. The van der Waals surface area contributed by atoms with E-state index in [1.54, 1.807) is 12.1 Å². The molecule has 4 N–H and O–H groups in total. The lowest BCUT2D eigenvalue weighted by atomic mass is 10.1. The minimum atomic E-state index is -1.26. The Morgan fingerprint density at radius 2 is 1.67 bits per heavy atom. The Morgan fingerprint density at radius 3 is 2.28 bits per heavy atom. The van der Waals surface area contributed by atoms with Gasteiger partial charge in [-0.3, -0.25) is 9.69 Å². The first-order chi connectivity index (χ1) is 17.2. The number of fused-ring (bicyclic) bond motifs is 1. The van der Waals surface area contributed by atoms with Gasteiger partial charge in [0, 0.05) is 50.9 Å². The summed E-state index contributed by atoms with van der Waals surface area (Å²) in [5.74, 6) is -0.593. The Morgan fingerprint density at radius 1 is 1.03 bits per heavy atom. The number of halogens is 1. The Hall–Kier alpha value is -3.96. The lowest BCUT2D eigenvalue weighted by Crippen LogP contribution is -2.48. The third-order valence-electron chi connectivity index (χ3n) is 5.42. The summed E-state index contributed by atoms with van der Waals surface area (Å²) in [4.78, 5) is 36.2. The number of hydrogen-bond donors (Lipinski definition) is 3. The van der Waals surface area contributed by atoms with Crippen LogP contribution in [-0.2, 0) is 16.1 Å². The number of nitrogen functional groups attached to an aromatic ring is 1. The maximum Gasteiger partial charge on any atom is 0.328 e. The summed E-state index contributed by atoms with van der Waals surface area (Å²) in [6, 6.07) is 9.17. The summed E-state index contributed by atoms with van der Waals surface area (Å²) in [7, 11) is 1.52. The average Bonchev–Trinajstić information content (AvgIpc) is 3.32. The number of carbonyl (C=O) groups is 3. The number of piperazine rings is 1. The van der Waals surface area contributed by atoms with Gasteiger partial charge >= 0.3 is 11.9 Å². The van der Waals surface area contributed by atoms with Crippen molar-refractivity contribution in [3.05, 3.63) is 58.6 Å². The molecule has 0 radical (unpaired) electrons. The van der Waals surface area contributed by atoms with Crippen LogP contribution in [0.25, 0.3) is 0 Å². The molecule has 0 bridgehead atoms. The first-order valence-electron chi connectivity index (χ1n) is 10.8. The third-order valence-corrected chi connectivity index (χ3v) is 5.75. The van der Waals surface area contributed by atoms with E-state index in [0.717, 1.165) is 36.7 Å². The summed E-state index contributed by atoms with van der Waals surface area (Å²) >= 11 is 6.10. The maximum absolute atomic E-state index is 12.9. The number of carboxylic acids is 2. The van der Waals surface area contributed by atoms with Gasteiger partial charge in [-0.25, -0.2) is 9.59 Å². The minimum Gasteiger partial charge on any atom is -0.496 e. The molecule has 0 aliphatic carbocycles. The molecule has 4 rings (SSSR count). The molecule has 192 valence electrons. The molecule has 11 nitrogen and oxygen atoms in total. The number of carbonyl (C=O) groups excluding carboxylic acids is 1. The number of hydrogen-bond acceptors (Lipinski definition) is 8. The van der Waals surface area contributed by atoms with E-state index in [-0.39, 0.29) is 12.7 Å². The first-order valence-corrected chi connectivity index (χ1v) is 11.2. The molecule has 0 atom stereocenters. The predicted molar refractivity (Wildman–Crippen MR) is 131 cm³/mol. The second kappa shape index (κ2) is 12.1. The van der Waals surface area contributed by atoms with Crippen LogP contribution in [0.1, 0.15) is 15.9 Å². The second-order valence-electron chi connectivity index (χ2n) is 7.84. The number of anilines is 1. The zero-order valence-electron chi connectivity index (χ0n) is 19.5. The number of amides is 1. The fraction of sp³-hybridized carbons (Fsp3) is 0.292. The zero-order valence-corrected chi connectivity index (χ0v) is 20.2. The van der Waals surface area contributed by atoms with Crippen molar-refractivity contribution in [2.45, 2.75) is 6.54 Å². The van der Waals surface area contributed by atoms with Gasteiger partial charge in [0.1, 0.15) is 5.75 Å². The number of rotatable bonds is 6. The van der Waals surface area contributed by atoms with Crippen molar-refractivity contribution in [2.75, 3.05) is 45.8 Å². The van der Waals surface area contributed by atoms with Crippen LogP contribution in [0, 0.1) is 0 Å². The second-order valence-corrected chi connectivity index (χ2v) is 8.25.